The van der Waals surface area contributed by atoms with Gasteiger partial charge in [0.1, 0.15) is 31.8 Å². The van der Waals surface area contributed by atoms with Crippen LogP contribution in [0.25, 0.3) is 0 Å². The maximum absolute atomic E-state index is 14.0. The van der Waals surface area contributed by atoms with E-state index in [2.05, 4.69) is 4.98 Å². The van der Waals surface area contributed by atoms with Crippen molar-refractivity contribution in [1.82, 2.24) is 4.98 Å². The minimum atomic E-state index is -4.89. The number of nitrogens with zero attached hydrogens (tertiary/aromatic N) is 1. The van der Waals surface area contributed by atoms with Gasteiger partial charge >= 0.3 is 11.8 Å². The van der Waals surface area contributed by atoms with E-state index in [1.165, 1.54) is 0 Å². The van der Waals surface area contributed by atoms with Crippen LogP contribution in [-0.2, 0) is 5.92 Å². The highest BCUT2D eigenvalue weighted by atomic mass is 19.3. The molecule has 26 heavy (non-hydrogen) atoms. The SMILES string of the molecule is Bc1c(C(F)(F)C(F)(F)CO)ccc(Oc2cncc(F)c2)c1C(F)F. The third kappa shape index (κ3) is 3.62. The molecule has 0 unspecified atom stereocenters. The second-order valence-electron chi connectivity index (χ2n) is 5.33. The van der Waals surface area contributed by atoms with Gasteiger partial charge in [-0.2, -0.15) is 17.6 Å². The highest BCUT2D eigenvalue weighted by Crippen LogP contribution is 2.43. The molecule has 0 saturated carbocycles. The predicted octanol–water partition coefficient (Wildman–Crippen LogP) is 2.93. The third-order valence-corrected chi connectivity index (χ3v) is 3.60. The standard InChI is InChI=1S/C15H11BF7NO2/c16-12-9(15(22,23)14(20,21)6-25)1-2-10(11(12)13(18)19)26-8-3-7(17)4-24-5-8/h1-5,13,25H,6,16H2. The molecule has 11 heteroatoms. The zero-order valence-corrected chi connectivity index (χ0v) is 13.1. The number of aromatic nitrogens is 1. The molecule has 2 aromatic rings. The fourth-order valence-electron chi connectivity index (χ4n) is 2.28. The Bertz CT molecular complexity index is 802. The smallest absolute Gasteiger partial charge is 0.337 e. The van der Waals surface area contributed by atoms with Crippen LogP contribution in [0.3, 0.4) is 0 Å². The van der Waals surface area contributed by atoms with Crippen LogP contribution in [0.15, 0.2) is 30.6 Å². The number of aliphatic hydroxyl groups is 1. The van der Waals surface area contributed by atoms with Crippen molar-refractivity contribution in [2.24, 2.45) is 0 Å². The van der Waals surface area contributed by atoms with Crippen LogP contribution in [-0.4, -0.2) is 30.5 Å². The van der Waals surface area contributed by atoms with Crippen molar-refractivity contribution in [2.45, 2.75) is 18.3 Å². The van der Waals surface area contributed by atoms with E-state index in [1.807, 2.05) is 0 Å². The predicted molar refractivity (Wildman–Crippen MR) is 79.8 cm³/mol. The van der Waals surface area contributed by atoms with Crippen LogP contribution in [0.5, 0.6) is 11.5 Å². The number of halogens is 7. The lowest BCUT2D eigenvalue weighted by Crippen LogP contribution is -2.44. The number of rotatable bonds is 6. The molecule has 1 N–H and O–H groups in total. The molecule has 0 spiro atoms. The Kier molecular flexibility index (Phi) is 5.50. The fourth-order valence-corrected chi connectivity index (χ4v) is 2.28. The van der Waals surface area contributed by atoms with Crippen molar-refractivity contribution in [3.8, 4) is 11.5 Å². The highest BCUT2D eigenvalue weighted by molar-refractivity contribution is 6.34. The lowest BCUT2D eigenvalue weighted by molar-refractivity contribution is -0.231. The van der Waals surface area contributed by atoms with Gasteiger partial charge in [-0.25, -0.2) is 13.2 Å². The molecule has 0 radical (unpaired) electrons. The van der Waals surface area contributed by atoms with Gasteiger partial charge in [-0.3, -0.25) is 4.98 Å². The zero-order chi connectivity index (χ0) is 19.7. The summed E-state index contributed by atoms with van der Waals surface area (Å²) >= 11 is 0. The number of aliphatic hydroxyl groups excluding tert-OH is 1. The van der Waals surface area contributed by atoms with E-state index in [0.29, 0.717) is 12.1 Å². The molecule has 0 amide bonds. The first kappa shape index (κ1) is 20.0. The van der Waals surface area contributed by atoms with Gasteiger partial charge in [0.15, 0.2) is 0 Å². The monoisotopic (exact) mass is 381 g/mol. The molecular formula is C15H11BF7NO2. The summed E-state index contributed by atoms with van der Waals surface area (Å²) in [5.41, 5.74) is -3.27. The number of ether oxygens (including phenoxy) is 1. The molecule has 140 valence electrons. The summed E-state index contributed by atoms with van der Waals surface area (Å²) in [6.45, 7) is -2.17. The summed E-state index contributed by atoms with van der Waals surface area (Å²) in [4.78, 5) is 3.44. The Hall–Kier alpha value is -2.30. The van der Waals surface area contributed by atoms with Crippen molar-refractivity contribution in [3.05, 3.63) is 47.5 Å². The summed E-state index contributed by atoms with van der Waals surface area (Å²) in [5.74, 6) is -11.5. The minimum Gasteiger partial charge on any atom is -0.455 e. The van der Waals surface area contributed by atoms with Crippen LogP contribution in [0.4, 0.5) is 30.7 Å². The molecule has 0 aliphatic carbocycles. The lowest BCUT2D eigenvalue weighted by Gasteiger charge is -2.28. The van der Waals surface area contributed by atoms with Crippen molar-refractivity contribution in [2.75, 3.05) is 6.61 Å². The molecule has 3 nitrogen and oxygen atoms in total. The summed E-state index contributed by atoms with van der Waals surface area (Å²) in [6, 6.07) is 1.96. The quantitative estimate of drug-likeness (QED) is 0.618. The molecular weight excluding hydrogens is 370 g/mol. The Morgan fingerprint density at radius 1 is 1.15 bits per heavy atom. The summed E-state index contributed by atoms with van der Waals surface area (Å²) < 4.78 is 99.6. The molecule has 1 heterocycles. The average Bonchev–Trinajstić information content (AvgIpc) is 2.54. The molecule has 0 fully saturated rings. The molecule has 1 aromatic heterocycles. The molecule has 1 aromatic carbocycles. The Morgan fingerprint density at radius 3 is 2.35 bits per heavy atom. The highest BCUT2D eigenvalue weighted by Gasteiger charge is 2.57. The van der Waals surface area contributed by atoms with Crippen molar-refractivity contribution in [3.63, 3.8) is 0 Å². The molecule has 0 bridgehead atoms. The van der Waals surface area contributed by atoms with Gasteiger partial charge < -0.3 is 9.84 Å². The molecule has 0 aliphatic heterocycles. The number of hydrogen-bond donors (Lipinski definition) is 1. The van der Waals surface area contributed by atoms with Crippen molar-refractivity contribution < 1.29 is 40.6 Å². The third-order valence-electron chi connectivity index (χ3n) is 3.60. The summed E-state index contributed by atoms with van der Waals surface area (Å²) in [6.07, 6.45) is -1.52. The number of pyridine rings is 1. The van der Waals surface area contributed by atoms with E-state index in [-0.39, 0.29) is 5.75 Å². The van der Waals surface area contributed by atoms with E-state index in [0.717, 1.165) is 26.3 Å². The van der Waals surface area contributed by atoms with E-state index >= 15 is 0 Å². The minimum absolute atomic E-state index is 0.286. The molecule has 0 saturated heterocycles. The van der Waals surface area contributed by atoms with Gasteiger partial charge in [0.05, 0.1) is 18.0 Å². The van der Waals surface area contributed by atoms with Gasteiger partial charge in [0, 0.05) is 11.6 Å². The zero-order valence-electron chi connectivity index (χ0n) is 13.1. The van der Waals surface area contributed by atoms with Crippen molar-refractivity contribution in [1.29, 1.82) is 0 Å². The molecule has 0 aliphatic rings. The van der Waals surface area contributed by atoms with E-state index in [1.54, 1.807) is 0 Å². The van der Waals surface area contributed by atoms with Crippen LogP contribution < -0.4 is 10.2 Å². The average molecular weight is 381 g/mol. The number of hydrogen-bond acceptors (Lipinski definition) is 3. The van der Waals surface area contributed by atoms with Gasteiger partial charge in [0.2, 0.25) is 0 Å². The van der Waals surface area contributed by atoms with Gasteiger partial charge in [-0.1, -0.05) is 5.46 Å². The largest absolute Gasteiger partial charge is 0.455 e. The summed E-state index contributed by atoms with van der Waals surface area (Å²) in [5, 5.41) is 8.49. The maximum Gasteiger partial charge on any atom is 0.337 e. The first-order chi connectivity index (χ1) is 12.0. The second-order valence-corrected chi connectivity index (χ2v) is 5.33. The fraction of sp³-hybridized carbons (Fsp3) is 0.267. The Labute approximate surface area is 143 Å². The number of benzene rings is 1. The van der Waals surface area contributed by atoms with Crippen LogP contribution >= 0.6 is 0 Å². The van der Waals surface area contributed by atoms with Crippen LogP contribution in [0, 0.1) is 5.82 Å². The number of alkyl halides is 6. The van der Waals surface area contributed by atoms with E-state index < -0.39 is 53.0 Å². The van der Waals surface area contributed by atoms with Crippen molar-refractivity contribution >= 4 is 13.3 Å². The maximum atomic E-state index is 14.0. The lowest BCUT2D eigenvalue weighted by atomic mass is 9.81. The molecule has 0 atom stereocenters. The van der Waals surface area contributed by atoms with Gasteiger partial charge in [-0.15, -0.1) is 0 Å². The van der Waals surface area contributed by atoms with Gasteiger partial charge in [-0.05, 0) is 12.1 Å². The van der Waals surface area contributed by atoms with Crippen LogP contribution in [0.1, 0.15) is 17.6 Å². The Morgan fingerprint density at radius 2 is 1.81 bits per heavy atom. The van der Waals surface area contributed by atoms with E-state index in [4.69, 9.17) is 9.84 Å². The summed E-state index contributed by atoms with van der Waals surface area (Å²) in [7, 11) is 0.800. The molecule has 2 rings (SSSR count). The topological polar surface area (TPSA) is 42.4 Å². The normalized spacial score (nSPS) is 12.5. The van der Waals surface area contributed by atoms with E-state index in [9.17, 15) is 30.7 Å². The first-order valence-corrected chi connectivity index (χ1v) is 7.08. The Balaban J connectivity index is 2.56. The van der Waals surface area contributed by atoms with Crippen LogP contribution in [0.2, 0.25) is 0 Å². The second kappa shape index (κ2) is 7.14. The van der Waals surface area contributed by atoms with Gasteiger partial charge in [0.25, 0.3) is 6.43 Å². The first-order valence-electron chi connectivity index (χ1n) is 7.08.